The highest BCUT2D eigenvalue weighted by Crippen LogP contribution is 2.41. The van der Waals surface area contributed by atoms with Crippen molar-refractivity contribution in [1.82, 2.24) is 29.5 Å². The van der Waals surface area contributed by atoms with Crippen LogP contribution in [0.2, 0.25) is 5.02 Å². The number of benzene rings is 3. The van der Waals surface area contributed by atoms with Gasteiger partial charge in [-0.2, -0.15) is 5.10 Å². The first-order valence-electron chi connectivity index (χ1n) is 17.2. The molecule has 0 amide bonds. The SMILES string of the molecule is Cc1nnc2n1-c1sc3c(c1C(c1ccc(-c4ccccc4)cc1)=NC2)CCC3.Cc1sc2c(c1C)C(c1ccc(Cl)cc1)=NNc1nnc(C)n1-2. The van der Waals surface area contributed by atoms with Crippen LogP contribution in [0.5, 0.6) is 0 Å². The summed E-state index contributed by atoms with van der Waals surface area (Å²) in [7, 11) is 0. The van der Waals surface area contributed by atoms with Crippen molar-refractivity contribution in [2.45, 2.75) is 53.5 Å². The summed E-state index contributed by atoms with van der Waals surface area (Å²) in [5, 5.41) is 24.7. The number of thiophene rings is 2. The van der Waals surface area contributed by atoms with Gasteiger partial charge in [0.05, 0.1) is 5.71 Å². The minimum absolute atomic E-state index is 0.562. The number of hydrogen-bond donors (Lipinski definition) is 1. The van der Waals surface area contributed by atoms with Crippen molar-refractivity contribution in [2.75, 3.05) is 5.43 Å². The van der Waals surface area contributed by atoms with Gasteiger partial charge in [0.1, 0.15) is 33.9 Å². The highest BCUT2D eigenvalue weighted by atomic mass is 35.5. The molecule has 12 heteroatoms. The van der Waals surface area contributed by atoms with Gasteiger partial charge in [-0.1, -0.05) is 78.3 Å². The molecule has 3 aliphatic rings. The van der Waals surface area contributed by atoms with Crippen LogP contribution in [0.25, 0.3) is 21.1 Å². The van der Waals surface area contributed by atoms with Crippen LogP contribution < -0.4 is 5.43 Å². The van der Waals surface area contributed by atoms with E-state index < -0.39 is 0 Å². The zero-order chi connectivity index (χ0) is 35.5. The number of aryl methyl sites for hydroxylation is 4. The number of fused-ring (bicyclic) bond motifs is 8. The molecule has 10 rings (SSSR count). The molecule has 0 saturated heterocycles. The Bertz CT molecular complexity index is 2540. The first kappa shape index (κ1) is 32.7. The van der Waals surface area contributed by atoms with Crippen molar-refractivity contribution < 1.29 is 0 Å². The second kappa shape index (κ2) is 13.1. The molecule has 4 aromatic heterocycles. The van der Waals surface area contributed by atoms with Crippen molar-refractivity contribution in [3.63, 3.8) is 0 Å². The van der Waals surface area contributed by atoms with E-state index in [4.69, 9.17) is 16.6 Å². The number of halogens is 1. The average molecular weight is 740 g/mol. The molecule has 9 nitrogen and oxygen atoms in total. The van der Waals surface area contributed by atoms with Gasteiger partial charge >= 0.3 is 0 Å². The monoisotopic (exact) mass is 739 g/mol. The normalized spacial score (nSPS) is 13.9. The van der Waals surface area contributed by atoms with Crippen molar-refractivity contribution >= 4 is 51.6 Å². The molecule has 0 bridgehead atoms. The Balaban J connectivity index is 0.000000142. The summed E-state index contributed by atoms with van der Waals surface area (Å²) in [6.45, 7) is 8.79. The topological polar surface area (TPSA) is 98.2 Å². The maximum absolute atomic E-state index is 6.02. The van der Waals surface area contributed by atoms with E-state index in [1.165, 1.54) is 61.0 Å². The predicted molar refractivity (Wildman–Crippen MR) is 211 cm³/mol. The second-order valence-corrected chi connectivity index (χ2v) is 15.8. The Morgan fingerprint density at radius 2 is 1.31 bits per heavy atom. The Morgan fingerprint density at radius 3 is 2.10 bits per heavy atom. The number of aromatic nitrogens is 6. The third-order valence-electron chi connectivity index (χ3n) is 9.90. The van der Waals surface area contributed by atoms with Crippen LogP contribution in [0, 0.1) is 27.7 Å². The van der Waals surface area contributed by atoms with Crippen LogP contribution in [0.15, 0.2) is 89.0 Å². The van der Waals surface area contributed by atoms with E-state index in [-0.39, 0.29) is 0 Å². The van der Waals surface area contributed by atoms with Crippen LogP contribution in [-0.4, -0.2) is 41.0 Å². The maximum Gasteiger partial charge on any atom is 0.250 e. The van der Waals surface area contributed by atoms with Gasteiger partial charge in [-0.25, -0.2) is 5.43 Å². The van der Waals surface area contributed by atoms with Crippen molar-refractivity contribution in [3.05, 3.63) is 144 Å². The first-order valence-corrected chi connectivity index (χ1v) is 19.3. The van der Waals surface area contributed by atoms with E-state index in [9.17, 15) is 0 Å². The Hall–Kier alpha value is -5.23. The number of nitrogens with one attached hydrogen (secondary N) is 1. The Kier molecular flexibility index (Phi) is 8.21. The van der Waals surface area contributed by atoms with Crippen molar-refractivity contribution in [2.24, 2.45) is 10.1 Å². The van der Waals surface area contributed by atoms with E-state index in [2.05, 4.69) is 104 Å². The van der Waals surface area contributed by atoms with Gasteiger partial charge in [-0.15, -0.1) is 43.1 Å². The summed E-state index contributed by atoms with van der Waals surface area (Å²) < 4.78 is 4.24. The zero-order valence-corrected chi connectivity index (χ0v) is 31.5. The highest BCUT2D eigenvalue weighted by Gasteiger charge is 2.31. The van der Waals surface area contributed by atoms with Gasteiger partial charge in [-0.05, 0) is 81.3 Å². The molecular weight excluding hydrogens is 706 g/mol. The lowest BCUT2D eigenvalue weighted by Gasteiger charge is -2.11. The van der Waals surface area contributed by atoms with Gasteiger partial charge in [0.15, 0.2) is 5.82 Å². The third-order valence-corrected chi connectivity index (χ3v) is 12.6. The molecule has 0 saturated carbocycles. The van der Waals surface area contributed by atoms with Gasteiger partial charge in [0.2, 0.25) is 5.95 Å². The molecule has 2 aliphatic heterocycles. The summed E-state index contributed by atoms with van der Waals surface area (Å²) in [4.78, 5) is 7.81. The number of aliphatic imine (C=N–C) groups is 1. The van der Waals surface area contributed by atoms with E-state index >= 15 is 0 Å². The fourth-order valence-electron chi connectivity index (χ4n) is 7.18. The molecule has 1 aliphatic carbocycles. The van der Waals surface area contributed by atoms with Crippen LogP contribution in [0.1, 0.15) is 67.0 Å². The summed E-state index contributed by atoms with van der Waals surface area (Å²) in [6, 6.07) is 27.1. The lowest BCUT2D eigenvalue weighted by Crippen LogP contribution is -2.08. The molecule has 0 spiro atoms. The number of hydrazone groups is 1. The second-order valence-electron chi connectivity index (χ2n) is 13.1. The Morgan fingerprint density at radius 1 is 0.654 bits per heavy atom. The van der Waals surface area contributed by atoms with Gasteiger partial charge < -0.3 is 0 Å². The molecular formula is C40H34ClN9S2. The first-order chi connectivity index (χ1) is 25.4. The molecule has 0 fully saturated rings. The molecule has 0 radical (unpaired) electrons. The van der Waals surface area contributed by atoms with Gasteiger partial charge in [-0.3, -0.25) is 14.1 Å². The molecule has 1 N–H and O–H groups in total. The molecule has 3 aromatic carbocycles. The smallest absolute Gasteiger partial charge is 0.250 e. The van der Waals surface area contributed by atoms with Gasteiger partial charge in [0, 0.05) is 37.0 Å². The molecule has 6 heterocycles. The third kappa shape index (κ3) is 5.51. The zero-order valence-electron chi connectivity index (χ0n) is 29.1. The maximum atomic E-state index is 6.02. The van der Waals surface area contributed by atoms with E-state index in [0.717, 1.165) is 51.4 Å². The summed E-state index contributed by atoms with van der Waals surface area (Å²) in [6.07, 6.45) is 3.55. The minimum Gasteiger partial charge on any atom is -0.276 e. The quantitative estimate of drug-likeness (QED) is 0.195. The van der Waals surface area contributed by atoms with Crippen LogP contribution in [0.4, 0.5) is 5.95 Å². The van der Waals surface area contributed by atoms with Crippen LogP contribution in [-0.2, 0) is 19.4 Å². The largest absolute Gasteiger partial charge is 0.276 e. The lowest BCUT2D eigenvalue weighted by molar-refractivity contribution is 0.868. The van der Waals surface area contributed by atoms with E-state index in [1.54, 1.807) is 11.3 Å². The lowest BCUT2D eigenvalue weighted by atomic mass is 9.97. The number of anilines is 1. The molecule has 258 valence electrons. The predicted octanol–water partition coefficient (Wildman–Crippen LogP) is 9.23. The molecule has 0 unspecified atom stereocenters. The minimum atomic E-state index is 0.562. The summed E-state index contributed by atoms with van der Waals surface area (Å²) >= 11 is 9.65. The van der Waals surface area contributed by atoms with Crippen LogP contribution in [0.3, 0.4) is 0 Å². The molecule has 7 aromatic rings. The fraction of sp³-hybridized carbons (Fsp3) is 0.200. The average Bonchev–Trinajstić information content (AvgIpc) is 3.95. The van der Waals surface area contributed by atoms with Gasteiger partial charge in [0.25, 0.3) is 0 Å². The standard InChI is InChI=1S/C24H20N4S.C16H14ClN5S/c1-15-26-27-21-14-25-23(22-19-8-5-9-20(19)29-24(22)28(15)21)18-12-10-17(11-13-18)16-6-3-2-4-7-16;1-8-9(2)23-15-13(8)14(11-4-6-12(17)7-5-11)19-21-16-20-18-10(3)22(15)16/h2-4,6-7,10-13H,5,8-9,14H2,1H3;4-7H,1-3H3,(H,20,21). The number of hydrogen-bond acceptors (Lipinski definition) is 9. The number of rotatable bonds is 3. The summed E-state index contributed by atoms with van der Waals surface area (Å²) in [5.41, 5.74) is 14.8. The number of nitrogens with zero attached hydrogens (tertiary/aromatic N) is 8. The summed E-state index contributed by atoms with van der Waals surface area (Å²) in [5.74, 6) is 3.34. The van der Waals surface area contributed by atoms with Crippen molar-refractivity contribution in [3.8, 4) is 21.1 Å². The van der Waals surface area contributed by atoms with E-state index in [0.29, 0.717) is 17.5 Å². The molecule has 0 atom stereocenters. The van der Waals surface area contributed by atoms with Crippen LogP contribution >= 0.6 is 34.3 Å². The molecule has 52 heavy (non-hydrogen) atoms. The fourth-order valence-corrected chi connectivity index (χ4v) is 9.97. The highest BCUT2D eigenvalue weighted by molar-refractivity contribution is 7.15. The van der Waals surface area contributed by atoms with Crippen molar-refractivity contribution in [1.29, 1.82) is 0 Å². The Labute approximate surface area is 314 Å². The van der Waals surface area contributed by atoms with E-state index in [1.807, 2.05) is 54.0 Å².